The van der Waals surface area contributed by atoms with Crippen molar-refractivity contribution >= 4 is 34.6 Å². The van der Waals surface area contributed by atoms with E-state index in [1.54, 1.807) is 30.3 Å². The Morgan fingerprint density at radius 2 is 1.66 bits per heavy atom. The highest BCUT2D eigenvalue weighted by atomic mass is 19.1. The molecule has 0 aliphatic carbocycles. The molecular weight excluding hydrogens is 451 g/mol. The Kier molecular flexibility index (Phi) is 5.58. The van der Waals surface area contributed by atoms with E-state index in [-0.39, 0.29) is 23.5 Å². The maximum Gasteiger partial charge on any atom is 0.329 e. The number of imide groups is 1. The van der Waals surface area contributed by atoms with Gasteiger partial charge in [-0.1, -0.05) is 48.5 Å². The molecule has 1 N–H and O–H groups in total. The summed E-state index contributed by atoms with van der Waals surface area (Å²) >= 11 is 0. The van der Waals surface area contributed by atoms with E-state index in [0.717, 1.165) is 26.9 Å². The van der Waals surface area contributed by atoms with Crippen LogP contribution in [0.2, 0.25) is 0 Å². The zero-order valence-electron chi connectivity index (χ0n) is 18.3. The molecule has 1 aliphatic heterocycles. The highest BCUT2D eigenvalue weighted by molar-refractivity contribution is 6.14. The van der Waals surface area contributed by atoms with Crippen LogP contribution < -0.4 is 5.32 Å². The van der Waals surface area contributed by atoms with Gasteiger partial charge in [0.1, 0.15) is 11.5 Å². The first-order chi connectivity index (χ1) is 16.9. The van der Waals surface area contributed by atoms with Gasteiger partial charge >= 0.3 is 6.03 Å². The van der Waals surface area contributed by atoms with E-state index in [1.165, 1.54) is 24.3 Å². The van der Waals surface area contributed by atoms with Gasteiger partial charge in [0, 0.05) is 46.9 Å². The average molecular weight is 470 g/mol. The molecule has 8 nitrogen and oxygen atoms in total. The number of nitro benzene ring substituents is 1. The number of nitrogens with one attached hydrogen (secondary N) is 1. The van der Waals surface area contributed by atoms with Gasteiger partial charge in [-0.05, 0) is 23.8 Å². The third-order valence-electron chi connectivity index (χ3n) is 5.87. The molecule has 2 heterocycles. The Bertz CT molecular complexity index is 1510. The second kappa shape index (κ2) is 8.86. The second-order valence-electron chi connectivity index (χ2n) is 8.12. The summed E-state index contributed by atoms with van der Waals surface area (Å²) in [6, 6.07) is 19.3. The molecule has 0 radical (unpaired) electrons. The van der Waals surface area contributed by atoms with Gasteiger partial charge < -0.3 is 9.88 Å². The number of fused-ring (bicyclic) bond motifs is 1. The monoisotopic (exact) mass is 470 g/mol. The van der Waals surface area contributed by atoms with Crippen molar-refractivity contribution in [1.82, 2.24) is 14.8 Å². The van der Waals surface area contributed by atoms with Crippen molar-refractivity contribution in [1.29, 1.82) is 0 Å². The SMILES string of the molecule is O=C1N/C(=C/c2cn(Cc3ccc([N+](=O)[O-])cc3)c3ccccc23)C(=O)N1Cc1ccccc1F. The van der Waals surface area contributed by atoms with Crippen LogP contribution in [0.25, 0.3) is 17.0 Å². The lowest BCUT2D eigenvalue weighted by atomic mass is 10.1. The smallest absolute Gasteiger partial charge is 0.329 e. The van der Waals surface area contributed by atoms with Crippen LogP contribution in [0.1, 0.15) is 16.7 Å². The summed E-state index contributed by atoms with van der Waals surface area (Å²) in [6.45, 7) is 0.290. The topological polar surface area (TPSA) is 97.5 Å². The molecule has 9 heteroatoms. The number of halogens is 1. The molecule has 35 heavy (non-hydrogen) atoms. The highest BCUT2D eigenvalue weighted by Crippen LogP contribution is 2.26. The first kappa shape index (κ1) is 22.0. The van der Waals surface area contributed by atoms with Crippen molar-refractivity contribution in [2.45, 2.75) is 13.1 Å². The van der Waals surface area contributed by atoms with E-state index in [4.69, 9.17) is 0 Å². The van der Waals surface area contributed by atoms with E-state index in [0.29, 0.717) is 6.54 Å². The molecule has 3 aromatic carbocycles. The van der Waals surface area contributed by atoms with E-state index >= 15 is 0 Å². The summed E-state index contributed by atoms with van der Waals surface area (Å²) in [5, 5.41) is 14.4. The molecule has 3 amide bonds. The molecule has 1 aliphatic rings. The van der Waals surface area contributed by atoms with E-state index in [2.05, 4.69) is 5.32 Å². The van der Waals surface area contributed by atoms with Crippen LogP contribution in [-0.4, -0.2) is 26.3 Å². The molecule has 0 unspecified atom stereocenters. The number of nitrogens with zero attached hydrogens (tertiary/aromatic N) is 3. The molecule has 0 spiro atoms. The molecule has 0 bridgehead atoms. The predicted octanol–water partition coefficient (Wildman–Crippen LogP) is 4.83. The van der Waals surface area contributed by atoms with Gasteiger partial charge in [-0.25, -0.2) is 9.18 Å². The Morgan fingerprint density at radius 3 is 2.40 bits per heavy atom. The first-order valence-corrected chi connectivity index (χ1v) is 10.8. The van der Waals surface area contributed by atoms with Crippen LogP contribution in [0.4, 0.5) is 14.9 Å². The largest absolute Gasteiger partial charge is 0.342 e. The van der Waals surface area contributed by atoms with Gasteiger partial charge in [0.2, 0.25) is 0 Å². The van der Waals surface area contributed by atoms with Crippen LogP contribution >= 0.6 is 0 Å². The lowest BCUT2D eigenvalue weighted by molar-refractivity contribution is -0.384. The van der Waals surface area contributed by atoms with Gasteiger partial charge in [0.15, 0.2) is 0 Å². The van der Waals surface area contributed by atoms with Crippen molar-refractivity contribution < 1.29 is 18.9 Å². The summed E-state index contributed by atoms with van der Waals surface area (Å²) in [4.78, 5) is 36.9. The molecule has 1 saturated heterocycles. The van der Waals surface area contributed by atoms with Crippen LogP contribution in [-0.2, 0) is 17.9 Å². The Hall–Kier alpha value is -4.79. The van der Waals surface area contributed by atoms with Crippen LogP contribution in [0.3, 0.4) is 0 Å². The Morgan fingerprint density at radius 1 is 0.943 bits per heavy atom. The molecule has 0 saturated carbocycles. The number of carbonyl (C=O) groups excluding carboxylic acids is 2. The predicted molar refractivity (Wildman–Crippen MR) is 128 cm³/mol. The Labute approximate surface area is 199 Å². The van der Waals surface area contributed by atoms with Gasteiger partial charge in [0.05, 0.1) is 11.5 Å². The molecule has 1 aromatic heterocycles. The number of rotatable bonds is 6. The minimum atomic E-state index is -0.612. The summed E-state index contributed by atoms with van der Waals surface area (Å²) in [6.07, 6.45) is 3.47. The number of aromatic nitrogens is 1. The summed E-state index contributed by atoms with van der Waals surface area (Å²) in [5.74, 6) is -1.02. The number of benzene rings is 3. The lowest BCUT2D eigenvalue weighted by Crippen LogP contribution is -2.30. The summed E-state index contributed by atoms with van der Waals surface area (Å²) < 4.78 is 16.0. The van der Waals surface area contributed by atoms with Crippen molar-refractivity contribution in [3.05, 3.63) is 117 Å². The van der Waals surface area contributed by atoms with Gasteiger partial charge in [-0.3, -0.25) is 19.8 Å². The fourth-order valence-electron chi connectivity index (χ4n) is 4.11. The Balaban J connectivity index is 1.44. The quantitative estimate of drug-likeness (QED) is 0.189. The van der Waals surface area contributed by atoms with Gasteiger partial charge in [-0.2, -0.15) is 0 Å². The van der Waals surface area contributed by atoms with E-state index in [9.17, 15) is 24.1 Å². The summed E-state index contributed by atoms with van der Waals surface area (Å²) in [7, 11) is 0. The van der Waals surface area contributed by atoms with Crippen molar-refractivity contribution in [2.75, 3.05) is 0 Å². The zero-order chi connectivity index (χ0) is 24.5. The van der Waals surface area contributed by atoms with Crippen LogP contribution in [0.15, 0.2) is 84.7 Å². The van der Waals surface area contributed by atoms with E-state index < -0.39 is 22.7 Å². The number of amides is 3. The van der Waals surface area contributed by atoms with Crippen LogP contribution in [0.5, 0.6) is 0 Å². The normalized spacial score (nSPS) is 14.7. The summed E-state index contributed by atoms with van der Waals surface area (Å²) in [5.41, 5.74) is 2.86. The maximum absolute atomic E-state index is 14.0. The van der Waals surface area contributed by atoms with Crippen molar-refractivity contribution in [2.24, 2.45) is 0 Å². The molecule has 4 aromatic rings. The number of para-hydroxylation sites is 1. The second-order valence-corrected chi connectivity index (χ2v) is 8.12. The third kappa shape index (κ3) is 4.26. The molecule has 5 rings (SSSR count). The molecular formula is C26H19FN4O4. The molecule has 0 atom stereocenters. The first-order valence-electron chi connectivity index (χ1n) is 10.8. The van der Waals surface area contributed by atoms with Crippen molar-refractivity contribution in [3.63, 3.8) is 0 Å². The average Bonchev–Trinajstić information content (AvgIpc) is 3.32. The minimum absolute atomic E-state index is 0.0203. The van der Waals surface area contributed by atoms with E-state index in [1.807, 2.05) is 35.0 Å². The number of nitro groups is 1. The highest BCUT2D eigenvalue weighted by Gasteiger charge is 2.34. The number of carbonyl (C=O) groups is 2. The number of non-ortho nitro benzene ring substituents is 1. The fourth-order valence-corrected chi connectivity index (χ4v) is 4.11. The number of hydrogen-bond donors (Lipinski definition) is 1. The third-order valence-corrected chi connectivity index (χ3v) is 5.87. The number of hydrogen-bond acceptors (Lipinski definition) is 4. The van der Waals surface area contributed by atoms with Crippen LogP contribution in [0, 0.1) is 15.9 Å². The number of urea groups is 1. The molecule has 174 valence electrons. The standard InChI is InChI=1S/C26H19FN4O4/c27-22-7-3-1-5-18(22)16-30-25(32)23(28-26(30)33)13-19-15-29(24-8-4-2-6-21(19)24)14-17-9-11-20(12-10-17)31(34)35/h1-13,15H,14,16H2,(H,28,33)/b23-13+. The minimum Gasteiger partial charge on any atom is -0.342 e. The maximum atomic E-state index is 14.0. The van der Waals surface area contributed by atoms with Gasteiger partial charge in [0.25, 0.3) is 11.6 Å². The van der Waals surface area contributed by atoms with Gasteiger partial charge in [-0.15, -0.1) is 0 Å². The fraction of sp³-hybridized carbons (Fsp3) is 0.0769. The molecule has 1 fully saturated rings. The lowest BCUT2D eigenvalue weighted by Gasteiger charge is -2.12. The van der Waals surface area contributed by atoms with Crippen molar-refractivity contribution in [3.8, 4) is 0 Å². The zero-order valence-corrected chi connectivity index (χ0v) is 18.3.